The summed E-state index contributed by atoms with van der Waals surface area (Å²) in [5.41, 5.74) is 14.8. The molecule has 9 rings (SSSR count). The van der Waals surface area contributed by atoms with Crippen molar-refractivity contribution in [3.63, 3.8) is 0 Å². The van der Waals surface area contributed by atoms with Crippen molar-refractivity contribution >= 4 is 46.4 Å². The largest absolute Gasteiger partial charge is 0.493 e. The van der Waals surface area contributed by atoms with Gasteiger partial charge in [0.05, 0.1) is 49.2 Å². The molecular formula is C84H110N4O4. The zero-order valence-electron chi connectivity index (χ0n) is 56.8. The first kappa shape index (κ1) is 69.0. The highest BCUT2D eigenvalue weighted by molar-refractivity contribution is 6.01. The number of unbranched alkanes of at least 4 members (excludes halogenated alkanes) is 28. The minimum absolute atomic E-state index is 0.644. The summed E-state index contributed by atoms with van der Waals surface area (Å²) in [7, 11) is 0. The summed E-state index contributed by atoms with van der Waals surface area (Å²) in [4.78, 5) is 19.6. The molecule has 2 aliphatic rings. The van der Waals surface area contributed by atoms with E-state index in [1.54, 1.807) is 0 Å². The highest BCUT2D eigenvalue weighted by atomic mass is 16.5. The zero-order chi connectivity index (χ0) is 63.6. The van der Waals surface area contributed by atoms with Crippen LogP contribution in [0.25, 0.3) is 90.9 Å². The van der Waals surface area contributed by atoms with E-state index in [9.17, 15) is 0 Å². The van der Waals surface area contributed by atoms with Crippen LogP contribution in [0.5, 0.6) is 23.0 Å². The van der Waals surface area contributed by atoms with Crippen LogP contribution in [0.4, 0.5) is 0 Å². The number of ether oxygens (including phenoxy) is 4. The van der Waals surface area contributed by atoms with Gasteiger partial charge in [-0.05, 0) is 98.5 Å². The normalized spacial score (nSPS) is 11.9. The van der Waals surface area contributed by atoms with Gasteiger partial charge in [0, 0.05) is 66.6 Å². The molecule has 0 saturated carbocycles. The summed E-state index contributed by atoms with van der Waals surface area (Å²) < 4.78 is 27.5. The predicted octanol–water partition coefficient (Wildman–Crippen LogP) is 25.4. The molecule has 0 atom stereocenters. The summed E-state index contributed by atoms with van der Waals surface area (Å²) in [5, 5.41) is 0. The molecule has 2 N–H and O–H groups in total. The number of hydrogen-bond acceptors (Lipinski definition) is 6. The van der Waals surface area contributed by atoms with Gasteiger partial charge in [0.1, 0.15) is 23.0 Å². The first-order valence-corrected chi connectivity index (χ1v) is 36.6. The molecule has 92 heavy (non-hydrogen) atoms. The molecule has 0 radical (unpaired) electrons. The van der Waals surface area contributed by atoms with Gasteiger partial charge in [-0.1, -0.05) is 280 Å². The molecule has 5 heterocycles. The predicted molar refractivity (Wildman–Crippen MR) is 393 cm³/mol. The molecule has 0 amide bonds. The molecule has 4 aromatic carbocycles. The van der Waals surface area contributed by atoms with E-state index in [-0.39, 0.29) is 0 Å². The van der Waals surface area contributed by atoms with E-state index >= 15 is 0 Å². The van der Waals surface area contributed by atoms with Crippen LogP contribution in [0.2, 0.25) is 0 Å². The minimum atomic E-state index is 0.644. The summed E-state index contributed by atoms with van der Waals surface area (Å²) in [6, 6.07) is 43.0. The van der Waals surface area contributed by atoms with Gasteiger partial charge in [0.25, 0.3) is 0 Å². The molecule has 0 aliphatic carbocycles. The van der Waals surface area contributed by atoms with E-state index in [0.29, 0.717) is 26.4 Å². The van der Waals surface area contributed by atoms with Gasteiger partial charge in [0.15, 0.2) is 0 Å². The number of fused-ring (bicyclic) bond motifs is 8. The van der Waals surface area contributed by atoms with Crippen LogP contribution in [0.1, 0.15) is 256 Å². The second-order valence-electron chi connectivity index (χ2n) is 25.8. The standard InChI is InChI=1S/C84H110N4O4/c1-5-9-13-17-21-25-29-41-61-89-77-49-37-33-45-65(77)81-69-53-55-71(85-69)82(66-46-34-38-50-78(66)90-62-42-30-26-22-18-14-10-6-2)73-57-59-75(87-73)84(68-48-36-40-52-80(68)92-64-44-32-28-24-20-16-12-8-4)76-60-58-74(88-76)83(72-56-54-70(81)86-72)67-47-35-39-51-79(67)91-63-43-31-27-23-19-15-11-7-3/h33-40,45-60,85,88H,5-32,41-44,61-64H2,1-4H3. The third-order valence-electron chi connectivity index (χ3n) is 18.4. The third-order valence-corrected chi connectivity index (χ3v) is 18.4. The second kappa shape index (κ2) is 39.3. The smallest absolute Gasteiger partial charge is 0.127 e. The first-order valence-electron chi connectivity index (χ1n) is 36.6. The quantitative estimate of drug-likeness (QED) is 0.0370. The van der Waals surface area contributed by atoms with E-state index in [2.05, 4.69) is 183 Å². The zero-order valence-corrected chi connectivity index (χ0v) is 56.8. The van der Waals surface area contributed by atoms with Gasteiger partial charge in [-0.3, -0.25) is 0 Å². The van der Waals surface area contributed by atoms with E-state index in [1.807, 2.05) is 0 Å². The van der Waals surface area contributed by atoms with Crippen molar-refractivity contribution in [2.45, 2.75) is 233 Å². The average molecular weight is 1240 g/mol. The first-order chi connectivity index (χ1) is 45.6. The lowest BCUT2D eigenvalue weighted by Crippen LogP contribution is -2.00. The number of rotatable bonds is 44. The fourth-order valence-corrected chi connectivity index (χ4v) is 13.2. The van der Waals surface area contributed by atoms with Crippen LogP contribution in [0.3, 0.4) is 0 Å². The maximum Gasteiger partial charge on any atom is 0.127 e. The van der Waals surface area contributed by atoms with Gasteiger partial charge >= 0.3 is 0 Å². The Hall–Kier alpha value is -7.32. The number of benzene rings is 4. The molecule has 0 saturated heterocycles. The van der Waals surface area contributed by atoms with Crippen molar-refractivity contribution in [1.82, 2.24) is 19.9 Å². The Morgan fingerprint density at radius 3 is 0.652 bits per heavy atom. The number of H-pyrrole nitrogens is 2. The Balaban J connectivity index is 1.21. The van der Waals surface area contributed by atoms with E-state index in [4.69, 9.17) is 28.9 Å². The van der Waals surface area contributed by atoms with Crippen molar-refractivity contribution in [2.75, 3.05) is 26.4 Å². The SMILES string of the molecule is CCCCCCCCCCOc1ccccc1-c1c2nc(c(-c3ccccc3OCCCCCCCCCC)c3ccc([nH]3)c(-c3ccccc3OCCCCCCCCCC)c3nc(c(-c4ccccc4OCCCCCCCCCC)c4ccc1[nH]4)C=C3)C=C2. The van der Waals surface area contributed by atoms with Gasteiger partial charge in [0.2, 0.25) is 0 Å². The number of hydrogen-bond donors (Lipinski definition) is 2. The molecule has 0 fully saturated rings. The van der Waals surface area contributed by atoms with Crippen molar-refractivity contribution in [3.05, 3.63) is 144 Å². The number of nitrogens with one attached hydrogen (secondary N) is 2. The van der Waals surface area contributed by atoms with Gasteiger partial charge in [-0.25, -0.2) is 9.97 Å². The molecule has 8 nitrogen and oxygen atoms in total. The molecule has 8 bridgehead atoms. The molecule has 490 valence electrons. The Bertz CT molecular complexity index is 3100. The van der Waals surface area contributed by atoms with Gasteiger partial charge in [-0.15, -0.1) is 0 Å². The van der Waals surface area contributed by atoms with Crippen molar-refractivity contribution in [3.8, 4) is 67.5 Å². The molecule has 8 heteroatoms. The lowest BCUT2D eigenvalue weighted by Gasteiger charge is -2.14. The Labute approximate surface area is 553 Å². The number of nitrogens with zero attached hydrogens (tertiary/aromatic N) is 2. The highest BCUT2D eigenvalue weighted by Crippen LogP contribution is 2.44. The lowest BCUT2D eigenvalue weighted by atomic mass is 10.0. The van der Waals surface area contributed by atoms with Crippen LogP contribution in [0, 0.1) is 0 Å². The van der Waals surface area contributed by atoms with Crippen LogP contribution in [-0.4, -0.2) is 46.4 Å². The molecule has 0 spiro atoms. The Morgan fingerprint density at radius 1 is 0.239 bits per heavy atom. The maximum absolute atomic E-state index is 6.86. The molecular weight excluding hydrogens is 1130 g/mol. The van der Waals surface area contributed by atoms with E-state index in [0.717, 1.165) is 164 Å². The number of aromatic nitrogens is 4. The Morgan fingerprint density at radius 2 is 0.435 bits per heavy atom. The van der Waals surface area contributed by atoms with Crippen molar-refractivity contribution in [1.29, 1.82) is 0 Å². The lowest BCUT2D eigenvalue weighted by molar-refractivity contribution is 0.305. The third kappa shape index (κ3) is 20.3. The molecule has 7 aromatic rings. The van der Waals surface area contributed by atoms with Crippen LogP contribution in [-0.2, 0) is 0 Å². The molecule has 0 unspecified atom stereocenters. The monoisotopic (exact) mass is 1240 g/mol. The van der Waals surface area contributed by atoms with Gasteiger partial charge < -0.3 is 28.9 Å². The highest BCUT2D eigenvalue weighted by Gasteiger charge is 2.23. The van der Waals surface area contributed by atoms with Crippen LogP contribution >= 0.6 is 0 Å². The summed E-state index contributed by atoms with van der Waals surface area (Å²) in [6.45, 7) is 11.7. The fourth-order valence-electron chi connectivity index (χ4n) is 13.2. The molecule has 2 aliphatic heterocycles. The van der Waals surface area contributed by atoms with E-state index < -0.39 is 0 Å². The van der Waals surface area contributed by atoms with Gasteiger partial charge in [-0.2, -0.15) is 0 Å². The summed E-state index contributed by atoms with van der Waals surface area (Å²) in [6.07, 6.45) is 48.4. The van der Waals surface area contributed by atoms with Crippen LogP contribution < -0.4 is 18.9 Å². The summed E-state index contributed by atoms with van der Waals surface area (Å²) >= 11 is 0. The van der Waals surface area contributed by atoms with Crippen molar-refractivity contribution < 1.29 is 18.9 Å². The molecule has 3 aromatic heterocycles. The minimum Gasteiger partial charge on any atom is -0.493 e. The Kier molecular flexibility index (Phi) is 29.5. The van der Waals surface area contributed by atoms with Crippen LogP contribution in [0.15, 0.2) is 121 Å². The fraction of sp³-hybridized carbons (Fsp3) is 0.476. The van der Waals surface area contributed by atoms with E-state index in [1.165, 1.54) is 154 Å². The second-order valence-corrected chi connectivity index (χ2v) is 25.8. The summed E-state index contributed by atoms with van der Waals surface area (Å²) in [5.74, 6) is 3.37. The average Bonchev–Trinajstić information content (AvgIpc) is 1.60. The maximum atomic E-state index is 6.86. The topological polar surface area (TPSA) is 94.3 Å². The number of aromatic amines is 2. The number of para-hydroxylation sites is 4. The van der Waals surface area contributed by atoms with Crippen molar-refractivity contribution in [2.24, 2.45) is 0 Å².